The Balaban J connectivity index is 1.71. The van der Waals surface area contributed by atoms with Gasteiger partial charge >= 0.3 is 5.97 Å². The summed E-state index contributed by atoms with van der Waals surface area (Å²) >= 11 is 1.72. The molecule has 1 atom stereocenters. The molecule has 0 aliphatic heterocycles. The van der Waals surface area contributed by atoms with E-state index in [1.165, 1.54) is 30.4 Å². The number of carboxylic acids is 1. The minimum Gasteiger partial charge on any atom is -0.477 e. The molecule has 1 aromatic heterocycles. The molecule has 2 aromatic rings. The molecule has 3 nitrogen and oxygen atoms in total. The van der Waals surface area contributed by atoms with Crippen LogP contribution in [0.4, 0.5) is 0 Å². The van der Waals surface area contributed by atoms with Gasteiger partial charge < -0.3 is 5.11 Å². The maximum absolute atomic E-state index is 11.0. The van der Waals surface area contributed by atoms with Crippen LogP contribution >= 0.6 is 11.8 Å². The molecule has 3 rings (SSSR count). The molecule has 4 heteroatoms. The normalized spacial score (nSPS) is 17.2. The Labute approximate surface area is 128 Å². The molecule has 0 fully saturated rings. The number of fused-ring (bicyclic) bond motifs is 1. The molecule has 21 heavy (non-hydrogen) atoms. The topological polar surface area (TPSA) is 50.2 Å². The van der Waals surface area contributed by atoms with Crippen LogP contribution in [0.25, 0.3) is 0 Å². The number of rotatable bonds is 4. The van der Waals surface area contributed by atoms with Crippen LogP contribution in [0.5, 0.6) is 0 Å². The molecule has 0 spiro atoms. The van der Waals surface area contributed by atoms with Crippen molar-refractivity contribution in [1.82, 2.24) is 4.98 Å². The predicted molar refractivity (Wildman–Crippen MR) is 84.0 cm³/mol. The molecule has 1 aliphatic carbocycles. The monoisotopic (exact) mass is 299 g/mol. The molecule has 108 valence electrons. The highest BCUT2D eigenvalue weighted by atomic mass is 32.2. The number of hydrogen-bond donors (Lipinski definition) is 1. The van der Waals surface area contributed by atoms with E-state index in [9.17, 15) is 4.79 Å². The number of carboxylic acid groups (broad SMARTS) is 1. The molecule has 1 aromatic carbocycles. The van der Waals surface area contributed by atoms with Crippen molar-refractivity contribution >= 4 is 17.7 Å². The lowest BCUT2D eigenvalue weighted by molar-refractivity contribution is 0.0690. The van der Waals surface area contributed by atoms with Gasteiger partial charge in [0.2, 0.25) is 0 Å². The summed E-state index contributed by atoms with van der Waals surface area (Å²) < 4.78 is 0. The first-order valence-corrected chi connectivity index (χ1v) is 8.12. The molecular weight excluding hydrogens is 282 g/mol. The lowest BCUT2D eigenvalue weighted by atomic mass is 9.84. The van der Waals surface area contributed by atoms with Crippen LogP contribution in [-0.2, 0) is 6.42 Å². The third-order valence-electron chi connectivity index (χ3n) is 3.90. The van der Waals surface area contributed by atoms with Crippen molar-refractivity contribution in [2.75, 3.05) is 5.75 Å². The molecule has 1 heterocycles. The summed E-state index contributed by atoms with van der Waals surface area (Å²) in [6.07, 6.45) is 5.19. The Bertz CT molecular complexity index is 657. The van der Waals surface area contributed by atoms with Gasteiger partial charge in [0.15, 0.2) is 0 Å². The Morgan fingerprint density at radius 1 is 1.33 bits per heavy atom. The van der Waals surface area contributed by atoms with Crippen LogP contribution < -0.4 is 0 Å². The number of thioether (sulfide) groups is 1. The van der Waals surface area contributed by atoms with Gasteiger partial charge in [0.05, 0.1) is 0 Å². The van der Waals surface area contributed by atoms with Crippen molar-refractivity contribution in [2.24, 2.45) is 0 Å². The number of aryl methyl sites for hydroxylation is 1. The number of aromatic nitrogens is 1. The highest BCUT2D eigenvalue weighted by Gasteiger charge is 2.19. The SMILES string of the molecule is O=C(O)c1cc(SCC2CCCc3ccccc32)ccn1. The summed E-state index contributed by atoms with van der Waals surface area (Å²) in [5.74, 6) is 0.571. The fraction of sp³-hybridized carbons (Fsp3) is 0.294. The highest BCUT2D eigenvalue weighted by Crippen LogP contribution is 2.35. The van der Waals surface area contributed by atoms with Crippen LogP contribution in [0, 0.1) is 0 Å². The average molecular weight is 299 g/mol. The van der Waals surface area contributed by atoms with Crippen LogP contribution in [0.3, 0.4) is 0 Å². The second-order valence-electron chi connectivity index (χ2n) is 5.28. The van der Waals surface area contributed by atoms with E-state index in [1.54, 1.807) is 24.0 Å². The van der Waals surface area contributed by atoms with Crippen molar-refractivity contribution in [2.45, 2.75) is 30.1 Å². The Morgan fingerprint density at radius 3 is 3.05 bits per heavy atom. The van der Waals surface area contributed by atoms with E-state index >= 15 is 0 Å². The standard InChI is InChI=1S/C17H17NO2S/c19-17(20)16-10-14(8-9-18-16)21-11-13-6-3-5-12-4-1-2-7-15(12)13/h1-2,4,7-10,13H,3,5-6,11H2,(H,19,20). The van der Waals surface area contributed by atoms with Crippen molar-refractivity contribution in [3.63, 3.8) is 0 Å². The molecule has 0 amide bonds. The van der Waals surface area contributed by atoms with Gasteiger partial charge in [0, 0.05) is 16.8 Å². The van der Waals surface area contributed by atoms with Gasteiger partial charge in [-0.05, 0) is 48.4 Å². The van der Waals surface area contributed by atoms with Gasteiger partial charge in [0.1, 0.15) is 5.69 Å². The van der Waals surface area contributed by atoms with Gasteiger partial charge in [-0.1, -0.05) is 24.3 Å². The fourth-order valence-corrected chi connectivity index (χ4v) is 3.93. The molecule has 0 bridgehead atoms. The molecule has 0 radical (unpaired) electrons. The highest BCUT2D eigenvalue weighted by molar-refractivity contribution is 7.99. The lowest BCUT2D eigenvalue weighted by Gasteiger charge is -2.25. The van der Waals surface area contributed by atoms with Gasteiger partial charge in [-0.25, -0.2) is 9.78 Å². The Hall–Kier alpha value is -1.81. The molecule has 1 unspecified atom stereocenters. The quantitative estimate of drug-likeness (QED) is 0.867. The second kappa shape index (κ2) is 6.31. The van der Waals surface area contributed by atoms with E-state index in [0.717, 1.165) is 10.6 Å². The molecular formula is C17H17NO2S. The predicted octanol–water partition coefficient (Wildman–Crippen LogP) is 3.99. The van der Waals surface area contributed by atoms with E-state index < -0.39 is 5.97 Å². The van der Waals surface area contributed by atoms with Crippen molar-refractivity contribution in [3.8, 4) is 0 Å². The van der Waals surface area contributed by atoms with Crippen molar-refractivity contribution in [1.29, 1.82) is 0 Å². The maximum Gasteiger partial charge on any atom is 0.354 e. The van der Waals surface area contributed by atoms with E-state index in [0.29, 0.717) is 5.92 Å². The first-order valence-electron chi connectivity index (χ1n) is 7.14. The first-order chi connectivity index (χ1) is 10.2. The third kappa shape index (κ3) is 3.27. The minimum atomic E-state index is -0.972. The van der Waals surface area contributed by atoms with Crippen LogP contribution in [0.1, 0.15) is 40.4 Å². The van der Waals surface area contributed by atoms with Gasteiger partial charge in [0.25, 0.3) is 0 Å². The summed E-state index contributed by atoms with van der Waals surface area (Å²) in [6, 6.07) is 12.2. The molecule has 1 aliphatic rings. The summed E-state index contributed by atoms with van der Waals surface area (Å²) in [6.45, 7) is 0. The fourth-order valence-electron chi connectivity index (χ4n) is 2.84. The smallest absolute Gasteiger partial charge is 0.354 e. The first kappa shape index (κ1) is 14.1. The zero-order valence-corrected chi connectivity index (χ0v) is 12.5. The van der Waals surface area contributed by atoms with Crippen LogP contribution in [0.2, 0.25) is 0 Å². The number of benzene rings is 1. The van der Waals surface area contributed by atoms with Crippen molar-refractivity contribution in [3.05, 3.63) is 59.4 Å². The summed E-state index contributed by atoms with van der Waals surface area (Å²) in [4.78, 5) is 15.8. The Morgan fingerprint density at radius 2 is 2.19 bits per heavy atom. The number of hydrogen-bond acceptors (Lipinski definition) is 3. The van der Waals surface area contributed by atoms with Crippen molar-refractivity contribution < 1.29 is 9.90 Å². The zero-order valence-electron chi connectivity index (χ0n) is 11.7. The maximum atomic E-state index is 11.0. The third-order valence-corrected chi connectivity index (χ3v) is 5.05. The van der Waals surface area contributed by atoms with Crippen LogP contribution in [0.15, 0.2) is 47.5 Å². The number of aromatic carboxylic acids is 1. The summed E-state index contributed by atoms with van der Waals surface area (Å²) in [5.41, 5.74) is 3.04. The van der Waals surface area contributed by atoms with Gasteiger partial charge in [-0.3, -0.25) is 0 Å². The van der Waals surface area contributed by atoms with Gasteiger partial charge in [-0.2, -0.15) is 0 Å². The second-order valence-corrected chi connectivity index (χ2v) is 6.37. The summed E-state index contributed by atoms with van der Waals surface area (Å²) in [5, 5.41) is 8.98. The zero-order chi connectivity index (χ0) is 14.7. The van der Waals surface area contributed by atoms with E-state index in [-0.39, 0.29) is 5.69 Å². The average Bonchev–Trinajstić information content (AvgIpc) is 2.53. The Kier molecular flexibility index (Phi) is 4.25. The van der Waals surface area contributed by atoms with E-state index in [1.807, 2.05) is 6.07 Å². The lowest BCUT2D eigenvalue weighted by Crippen LogP contribution is -2.11. The van der Waals surface area contributed by atoms with E-state index in [2.05, 4.69) is 29.2 Å². The molecule has 0 saturated heterocycles. The number of nitrogens with zero attached hydrogens (tertiary/aromatic N) is 1. The number of pyridine rings is 1. The minimum absolute atomic E-state index is 0.115. The molecule has 0 saturated carbocycles. The van der Waals surface area contributed by atoms with E-state index in [4.69, 9.17) is 5.11 Å². The molecule has 1 N–H and O–H groups in total. The summed E-state index contributed by atoms with van der Waals surface area (Å²) in [7, 11) is 0. The van der Waals surface area contributed by atoms with Crippen LogP contribution in [-0.4, -0.2) is 21.8 Å². The number of carbonyl (C=O) groups is 1. The largest absolute Gasteiger partial charge is 0.477 e. The van der Waals surface area contributed by atoms with Gasteiger partial charge in [-0.15, -0.1) is 11.8 Å².